The summed E-state index contributed by atoms with van der Waals surface area (Å²) in [5.74, 6) is -0.0339. The van der Waals surface area contributed by atoms with Crippen LogP contribution in [0.5, 0.6) is 11.5 Å². The molecule has 144 valence electrons. The van der Waals surface area contributed by atoms with Crippen LogP contribution < -0.4 is 14.8 Å². The second-order valence-electron chi connectivity index (χ2n) is 6.24. The summed E-state index contributed by atoms with van der Waals surface area (Å²) in [6.07, 6.45) is 0.739. The number of ether oxygens (including phenoxy) is 2. The van der Waals surface area contributed by atoms with Gasteiger partial charge < -0.3 is 14.8 Å². The molecule has 0 saturated heterocycles. The molecular weight excluding hydrogens is 361 g/mol. The third kappa shape index (κ3) is 4.50. The molecule has 0 bridgehead atoms. The number of benzene rings is 1. The molecule has 3 rings (SSSR count). The Labute approximate surface area is 154 Å². The van der Waals surface area contributed by atoms with Gasteiger partial charge in [-0.1, -0.05) is 12.1 Å². The SMILES string of the molecule is COc1cnc(C(=O)Nc2ccccc2C(F)(F)F)cc1OC1CCCC1. The fourth-order valence-corrected chi connectivity index (χ4v) is 3.01. The van der Waals surface area contributed by atoms with E-state index < -0.39 is 17.6 Å². The monoisotopic (exact) mass is 380 g/mol. The van der Waals surface area contributed by atoms with Gasteiger partial charge in [-0.3, -0.25) is 4.79 Å². The highest BCUT2D eigenvalue weighted by Gasteiger charge is 2.33. The van der Waals surface area contributed by atoms with Crippen LogP contribution in [0.2, 0.25) is 0 Å². The van der Waals surface area contributed by atoms with Gasteiger partial charge in [0.1, 0.15) is 5.69 Å². The van der Waals surface area contributed by atoms with E-state index in [1.165, 1.54) is 37.6 Å². The number of halogens is 3. The van der Waals surface area contributed by atoms with Gasteiger partial charge in [-0.2, -0.15) is 13.2 Å². The van der Waals surface area contributed by atoms with Crippen LogP contribution in [-0.4, -0.2) is 24.1 Å². The minimum atomic E-state index is -4.58. The van der Waals surface area contributed by atoms with Crippen LogP contribution in [0.25, 0.3) is 0 Å². The number of nitrogens with one attached hydrogen (secondary N) is 1. The van der Waals surface area contributed by atoms with Crippen LogP contribution in [-0.2, 0) is 6.18 Å². The number of anilines is 1. The van der Waals surface area contributed by atoms with Gasteiger partial charge in [0.15, 0.2) is 11.5 Å². The summed E-state index contributed by atoms with van der Waals surface area (Å²) in [6, 6.07) is 6.17. The van der Waals surface area contributed by atoms with Gasteiger partial charge >= 0.3 is 6.18 Å². The lowest BCUT2D eigenvalue weighted by atomic mass is 10.1. The Morgan fingerprint density at radius 2 is 1.89 bits per heavy atom. The van der Waals surface area contributed by atoms with Crippen molar-refractivity contribution in [3.05, 3.63) is 47.8 Å². The van der Waals surface area contributed by atoms with Crippen molar-refractivity contribution in [2.75, 3.05) is 12.4 Å². The number of hydrogen-bond acceptors (Lipinski definition) is 4. The molecule has 1 heterocycles. The number of para-hydroxylation sites is 1. The van der Waals surface area contributed by atoms with Gasteiger partial charge in [-0.15, -0.1) is 0 Å². The maximum absolute atomic E-state index is 13.1. The number of rotatable bonds is 5. The molecule has 1 aromatic heterocycles. The summed E-state index contributed by atoms with van der Waals surface area (Å²) in [5.41, 5.74) is -1.30. The number of amides is 1. The van der Waals surface area contributed by atoms with E-state index in [1.54, 1.807) is 0 Å². The third-order valence-corrected chi connectivity index (χ3v) is 4.36. The molecule has 8 heteroatoms. The number of alkyl halides is 3. The Hall–Kier alpha value is -2.77. The smallest absolute Gasteiger partial charge is 0.418 e. The Bertz CT molecular complexity index is 818. The van der Waals surface area contributed by atoms with Gasteiger partial charge in [0.2, 0.25) is 0 Å². The molecule has 1 fully saturated rings. The zero-order valence-corrected chi connectivity index (χ0v) is 14.7. The van der Waals surface area contributed by atoms with E-state index in [9.17, 15) is 18.0 Å². The minimum absolute atomic E-state index is 0.0307. The first-order valence-corrected chi connectivity index (χ1v) is 8.56. The lowest BCUT2D eigenvalue weighted by molar-refractivity contribution is -0.136. The van der Waals surface area contributed by atoms with Crippen molar-refractivity contribution in [2.24, 2.45) is 0 Å². The number of methoxy groups -OCH3 is 1. The van der Waals surface area contributed by atoms with Crippen LogP contribution in [0.3, 0.4) is 0 Å². The normalized spacial score (nSPS) is 14.8. The maximum Gasteiger partial charge on any atom is 0.418 e. The van der Waals surface area contributed by atoms with Crippen molar-refractivity contribution in [2.45, 2.75) is 38.0 Å². The first-order chi connectivity index (χ1) is 12.9. The van der Waals surface area contributed by atoms with E-state index in [2.05, 4.69) is 10.3 Å². The van der Waals surface area contributed by atoms with Crippen LogP contribution >= 0.6 is 0 Å². The Morgan fingerprint density at radius 3 is 2.56 bits per heavy atom. The van der Waals surface area contributed by atoms with Crippen molar-refractivity contribution < 1.29 is 27.4 Å². The number of nitrogens with zero attached hydrogens (tertiary/aromatic N) is 1. The molecule has 1 amide bonds. The fourth-order valence-electron chi connectivity index (χ4n) is 3.01. The van der Waals surface area contributed by atoms with Gasteiger partial charge in [-0.25, -0.2) is 4.98 Å². The largest absolute Gasteiger partial charge is 0.491 e. The standard InChI is InChI=1S/C19H19F3N2O3/c1-26-17-11-23-15(10-16(17)27-12-6-2-3-7-12)18(25)24-14-9-5-4-8-13(14)19(20,21)22/h4-5,8-12H,2-3,6-7H2,1H3,(H,24,25). The summed E-state index contributed by atoms with van der Waals surface area (Å²) < 4.78 is 50.4. The predicted molar refractivity (Wildman–Crippen MR) is 93.1 cm³/mol. The van der Waals surface area contributed by atoms with Gasteiger partial charge in [0, 0.05) is 6.07 Å². The Balaban J connectivity index is 1.83. The van der Waals surface area contributed by atoms with Crippen molar-refractivity contribution in [3.63, 3.8) is 0 Å². The predicted octanol–water partition coefficient (Wildman–Crippen LogP) is 4.68. The maximum atomic E-state index is 13.1. The zero-order chi connectivity index (χ0) is 19.4. The van der Waals surface area contributed by atoms with Crippen LogP contribution in [0.4, 0.5) is 18.9 Å². The van der Waals surface area contributed by atoms with Crippen molar-refractivity contribution in [1.82, 2.24) is 4.98 Å². The van der Waals surface area contributed by atoms with Crippen LogP contribution in [0.1, 0.15) is 41.7 Å². The van der Waals surface area contributed by atoms with Crippen LogP contribution in [0.15, 0.2) is 36.5 Å². The van der Waals surface area contributed by atoms with E-state index in [1.807, 2.05) is 0 Å². The first-order valence-electron chi connectivity index (χ1n) is 8.56. The Kier molecular flexibility index (Phi) is 5.53. The number of aromatic nitrogens is 1. The molecule has 27 heavy (non-hydrogen) atoms. The number of carbonyl (C=O) groups is 1. The molecule has 1 aliphatic rings. The van der Waals surface area contributed by atoms with E-state index in [0.29, 0.717) is 11.5 Å². The summed E-state index contributed by atoms with van der Waals surface area (Å²) in [4.78, 5) is 16.4. The third-order valence-electron chi connectivity index (χ3n) is 4.36. The fraction of sp³-hybridized carbons (Fsp3) is 0.368. The van der Waals surface area contributed by atoms with Crippen molar-refractivity contribution in [3.8, 4) is 11.5 Å². The molecule has 0 spiro atoms. The molecule has 0 radical (unpaired) electrons. The first kappa shape index (κ1) is 19.0. The molecule has 2 aromatic rings. The van der Waals surface area contributed by atoms with Gasteiger partial charge in [0.05, 0.1) is 30.7 Å². The lowest BCUT2D eigenvalue weighted by Crippen LogP contribution is -2.18. The molecule has 1 saturated carbocycles. The van der Waals surface area contributed by atoms with E-state index in [-0.39, 0.29) is 17.5 Å². The summed E-state index contributed by atoms with van der Waals surface area (Å²) in [5, 5.41) is 2.27. The lowest BCUT2D eigenvalue weighted by Gasteiger charge is -2.17. The summed E-state index contributed by atoms with van der Waals surface area (Å²) >= 11 is 0. The van der Waals surface area contributed by atoms with E-state index >= 15 is 0 Å². The molecule has 1 aliphatic carbocycles. The molecule has 1 N–H and O–H groups in total. The second-order valence-corrected chi connectivity index (χ2v) is 6.24. The van der Waals surface area contributed by atoms with E-state index in [0.717, 1.165) is 31.7 Å². The molecule has 0 atom stereocenters. The highest BCUT2D eigenvalue weighted by Crippen LogP contribution is 2.35. The van der Waals surface area contributed by atoms with Crippen molar-refractivity contribution >= 4 is 11.6 Å². The molecule has 5 nitrogen and oxygen atoms in total. The van der Waals surface area contributed by atoms with Gasteiger partial charge in [-0.05, 0) is 37.8 Å². The quantitative estimate of drug-likeness (QED) is 0.818. The summed E-state index contributed by atoms with van der Waals surface area (Å²) in [7, 11) is 1.46. The topological polar surface area (TPSA) is 60.5 Å². The molecule has 0 aliphatic heterocycles. The average molecular weight is 380 g/mol. The number of hydrogen-bond donors (Lipinski definition) is 1. The second kappa shape index (κ2) is 7.85. The number of carbonyl (C=O) groups excluding carboxylic acids is 1. The molecular formula is C19H19F3N2O3. The highest BCUT2D eigenvalue weighted by atomic mass is 19.4. The summed E-state index contributed by atoms with van der Waals surface area (Å²) in [6.45, 7) is 0. The average Bonchev–Trinajstić information content (AvgIpc) is 3.14. The Morgan fingerprint density at radius 1 is 1.19 bits per heavy atom. The van der Waals surface area contributed by atoms with Crippen molar-refractivity contribution in [1.29, 1.82) is 0 Å². The minimum Gasteiger partial charge on any atom is -0.491 e. The zero-order valence-electron chi connectivity index (χ0n) is 14.7. The van der Waals surface area contributed by atoms with Crippen LogP contribution in [0, 0.1) is 0 Å². The number of pyridine rings is 1. The van der Waals surface area contributed by atoms with Gasteiger partial charge in [0.25, 0.3) is 5.91 Å². The highest BCUT2D eigenvalue weighted by molar-refractivity contribution is 6.03. The van der Waals surface area contributed by atoms with E-state index in [4.69, 9.17) is 9.47 Å². The molecule has 1 aromatic carbocycles. The molecule has 0 unspecified atom stereocenters.